The van der Waals surface area contributed by atoms with Gasteiger partial charge in [-0.25, -0.2) is 0 Å². The van der Waals surface area contributed by atoms with Crippen LogP contribution in [0, 0.1) is 5.92 Å². The lowest BCUT2D eigenvalue weighted by molar-refractivity contribution is 0.428. The van der Waals surface area contributed by atoms with Gasteiger partial charge in [-0.3, -0.25) is 0 Å². The Morgan fingerprint density at radius 2 is 1.90 bits per heavy atom. The zero-order valence-corrected chi connectivity index (χ0v) is 8.12. The molecule has 0 radical (unpaired) electrons. The molecule has 0 aliphatic carbocycles. The lowest BCUT2D eigenvalue weighted by Crippen LogP contribution is -2.31. The number of thiol groups is 1. The molecule has 0 amide bonds. The Hall–Kier alpha value is 0.310. The van der Waals surface area contributed by atoms with Crippen molar-refractivity contribution >= 4 is 12.6 Å². The maximum atomic E-state index is 4.13. The van der Waals surface area contributed by atoms with Crippen molar-refractivity contribution in [2.45, 2.75) is 33.2 Å². The molecule has 0 rings (SSSR count). The van der Waals surface area contributed by atoms with Crippen LogP contribution in [0.25, 0.3) is 0 Å². The van der Waals surface area contributed by atoms with Crippen LogP contribution in [0.1, 0.15) is 27.2 Å². The normalized spacial score (nSPS) is 14.1. The van der Waals surface area contributed by atoms with Gasteiger partial charge in [-0.1, -0.05) is 13.8 Å². The van der Waals surface area contributed by atoms with Crippen molar-refractivity contribution in [1.29, 1.82) is 0 Å². The third-order valence-corrected chi connectivity index (χ3v) is 2.12. The lowest BCUT2D eigenvalue weighted by Gasteiger charge is -2.16. The number of hydrogen-bond acceptors (Lipinski definition) is 2. The van der Waals surface area contributed by atoms with E-state index in [1.54, 1.807) is 0 Å². The van der Waals surface area contributed by atoms with Crippen molar-refractivity contribution < 1.29 is 0 Å². The second kappa shape index (κ2) is 6.05. The summed E-state index contributed by atoms with van der Waals surface area (Å²) in [6.07, 6.45) is 1.17. The summed E-state index contributed by atoms with van der Waals surface area (Å²) in [5.41, 5.74) is 0. The van der Waals surface area contributed by atoms with Crippen molar-refractivity contribution in [2.75, 3.05) is 12.3 Å². The first kappa shape index (κ1) is 10.3. The first-order valence-electron chi connectivity index (χ1n) is 4.02. The van der Waals surface area contributed by atoms with Crippen molar-refractivity contribution in [3.63, 3.8) is 0 Å². The molecule has 0 spiro atoms. The molecule has 0 heterocycles. The minimum atomic E-state index is 0.639. The quantitative estimate of drug-likeness (QED) is 0.464. The van der Waals surface area contributed by atoms with Crippen molar-refractivity contribution in [2.24, 2.45) is 5.92 Å². The van der Waals surface area contributed by atoms with E-state index in [2.05, 4.69) is 38.7 Å². The van der Waals surface area contributed by atoms with Crippen molar-refractivity contribution in [1.82, 2.24) is 5.32 Å². The van der Waals surface area contributed by atoms with E-state index >= 15 is 0 Å². The van der Waals surface area contributed by atoms with E-state index in [1.165, 1.54) is 6.42 Å². The number of hydrogen-bond donors (Lipinski definition) is 2. The zero-order chi connectivity index (χ0) is 7.98. The summed E-state index contributed by atoms with van der Waals surface area (Å²) < 4.78 is 0. The highest BCUT2D eigenvalue weighted by atomic mass is 32.1. The van der Waals surface area contributed by atoms with E-state index in [9.17, 15) is 0 Å². The summed E-state index contributed by atoms with van der Waals surface area (Å²) in [7, 11) is 0. The van der Waals surface area contributed by atoms with Crippen LogP contribution in [0.5, 0.6) is 0 Å². The fraction of sp³-hybridized carbons (Fsp3) is 1.00. The van der Waals surface area contributed by atoms with Crippen LogP contribution in [0.15, 0.2) is 0 Å². The maximum Gasteiger partial charge on any atom is 0.00617 e. The summed E-state index contributed by atoms with van der Waals surface area (Å²) in [5.74, 6) is 1.72. The molecule has 10 heavy (non-hydrogen) atoms. The molecule has 0 aromatic rings. The predicted octanol–water partition coefficient (Wildman–Crippen LogP) is 1.94. The third-order valence-electron chi connectivity index (χ3n) is 1.80. The van der Waals surface area contributed by atoms with E-state index in [4.69, 9.17) is 0 Å². The second-order valence-corrected chi connectivity index (χ2v) is 3.51. The monoisotopic (exact) mass is 161 g/mol. The highest BCUT2D eigenvalue weighted by molar-refractivity contribution is 7.80. The average Bonchev–Trinajstić information content (AvgIpc) is 1.88. The summed E-state index contributed by atoms with van der Waals surface area (Å²) >= 11 is 4.13. The molecule has 2 heteroatoms. The summed E-state index contributed by atoms with van der Waals surface area (Å²) in [5, 5.41) is 3.43. The van der Waals surface area contributed by atoms with Gasteiger partial charge in [0.25, 0.3) is 0 Å². The molecule has 1 N–H and O–H groups in total. The molecule has 1 unspecified atom stereocenters. The molecule has 1 nitrogen and oxygen atoms in total. The molecular formula is C8H19NS. The number of rotatable bonds is 5. The predicted molar refractivity (Wildman–Crippen MR) is 50.8 cm³/mol. The van der Waals surface area contributed by atoms with Crippen LogP contribution in [-0.2, 0) is 0 Å². The van der Waals surface area contributed by atoms with Gasteiger partial charge in [0.1, 0.15) is 0 Å². The molecule has 62 valence electrons. The van der Waals surface area contributed by atoms with Gasteiger partial charge in [-0.05, 0) is 31.6 Å². The molecule has 0 aliphatic rings. The van der Waals surface area contributed by atoms with E-state index in [0.29, 0.717) is 6.04 Å². The highest BCUT2D eigenvalue weighted by Gasteiger charge is 2.03. The molecule has 1 atom stereocenters. The van der Waals surface area contributed by atoms with E-state index in [-0.39, 0.29) is 0 Å². The van der Waals surface area contributed by atoms with Gasteiger partial charge < -0.3 is 5.32 Å². The Morgan fingerprint density at radius 3 is 2.30 bits per heavy atom. The SMILES string of the molecule is CC(C)C(C)NCCCS. The van der Waals surface area contributed by atoms with Crippen LogP contribution in [0.4, 0.5) is 0 Å². The number of nitrogens with one attached hydrogen (secondary N) is 1. The first-order valence-corrected chi connectivity index (χ1v) is 4.66. The standard InChI is InChI=1S/C8H19NS/c1-7(2)8(3)9-5-4-6-10/h7-10H,4-6H2,1-3H3. The molecule has 0 fully saturated rings. The zero-order valence-electron chi connectivity index (χ0n) is 7.22. The van der Waals surface area contributed by atoms with E-state index < -0.39 is 0 Å². The highest BCUT2D eigenvalue weighted by Crippen LogP contribution is 1.99. The lowest BCUT2D eigenvalue weighted by atomic mass is 10.1. The third kappa shape index (κ3) is 5.12. The van der Waals surface area contributed by atoms with Gasteiger partial charge in [0.15, 0.2) is 0 Å². The van der Waals surface area contributed by atoms with E-state index in [0.717, 1.165) is 18.2 Å². The Morgan fingerprint density at radius 1 is 1.30 bits per heavy atom. The topological polar surface area (TPSA) is 12.0 Å². The summed E-state index contributed by atoms with van der Waals surface area (Å²) in [4.78, 5) is 0. The Balaban J connectivity index is 3.13. The average molecular weight is 161 g/mol. The largest absolute Gasteiger partial charge is 0.314 e. The first-order chi connectivity index (χ1) is 4.68. The molecule has 0 aliphatic heterocycles. The van der Waals surface area contributed by atoms with Crippen LogP contribution in [0.2, 0.25) is 0 Å². The van der Waals surface area contributed by atoms with Crippen LogP contribution in [-0.4, -0.2) is 18.3 Å². The molecule has 0 saturated heterocycles. The Kier molecular flexibility index (Phi) is 6.24. The Bertz CT molecular complexity index is 73.7. The van der Waals surface area contributed by atoms with Gasteiger partial charge in [-0.2, -0.15) is 12.6 Å². The fourth-order valence-electron chi connectivity index (χ4n) is 0.644. The minimum Gasteiger partial charge on any atom is -0.314 e. The fourth-order valence-corrected chi connectivity index (χ4v) is 0.803. The van der Waals surface area contributed by atoms with Gasteiger partial charge in [0.2, 0.25) is 0 Å². The summed E-state index contributed by atoms with van der Waals surface area (Å²) in [6.45, 7) is 7.79. The van der Waals surface area contributed by atoms with Crippen molar-refractivity contribution in [3.05, 3.63) is 0 Å². The van der Waals surface area contributed by atoms with Gasteiger partial charge >= 0.3 is 0 Å². The Labute approximate surface area is 70.0 Å². The smallest absolute Gasteiger partial charge is 0.00617 e. The van der Waals surface area contributed by atoms with Crippen LogP contribution in [0.3, 0.4) is 0 Å². The minimum absolute atomic E-state index is 0.639. The van der Waals surface area contributed by atoms with E-state index in [1.807, 2.05) is 0 Å². The molecule has 0 aromatic heterocycles. The van der Waals surface area contributed by atoms with Gasteiger partial charge in [-0.15, -0.1) is 0 Å². The van der Waals surface area contributed by atoms with Gasteiger partial charge in [0, 0.05) is 6.04 Å². The summed E-state index contributed by atoms with van der Waals surface area (Å²) in [6, 6.07) is 0.639. The molecule has 0 saturated carbocycles. The molecular weight excluding hydrogens is 142 g/mol. The van der Waals surface area contributed by atoms with Crippen LogP contribution >= 0.6 is 12.6 Å². The second-order valence-electron chi connectivity index (χ2n) is 3.06. The molecule has 0 aromatic carbocycles. The molecule has 0 bridgehead atoms. The van der Waals surface area contributed by atoms with Crippen molar-refractivity contribution in [3.8, 4) is 0 Å². The van der Waals surface area contributed by atoms with Gasteiger partial charge in [0.05, 0.1) is 0 Å². The van der Waals surface area contributed by atoms with Crippen LogP contribution < -0.4 is 5.32 Å². The maximum absolute atomic E-state index is 4.13.